The largest absolute Gasteiger partial charge is 1.00 e. The molecule has 0 atom stereocenters. The van der Waals surface area contributed by atoms with Gasteiger partial charge in [-0.2, -0.15) is 0 Å². The third-order valence-corrected chi connectivity index (χ3v) is 2.60. The summed E-state index contributed by atoms with van der Waals surface area (Å²) in [6, 6.07) is 8.06. The van der Waals surface area contributed by atoms with E-state index < -0.39 is 5.97 Å². The maximum Gasteiger partial charge on any atom is 1.00 e. The fourth-order valence-electron chi connectivity index (χ4n) is 0.917. The van der Waals surface area contributed by atoms with E-state index in [1.807, 2.05) is 0 Å². The molecule has 2 rings (SSSR count). The first kappa shape index (κ1) is 16.4. The molecule has 0 amide bonds. The molecule has 17 heavy (non-hydrogen) atoms. The van der Waals surface area contributed by atoms with Crippen molar-refractivity contribution >= 4 is 29.4 Å². The van der Waals surface area contributed by atoms with Gasteiger partial charge in [-0.3, -0.25) is 4.79 Å². The second-order valence-electron chi connectivity index (χ2n) is 3.03. The first-order valence-electron chi connectivity index (χ1n) is 4.57. The van der Waals surface area contributed by atoms with Crippen LogP contribution >= 0.6 is 11.9 Å². The van der Waals surface area contributed by atoms with E-state index in [-0.39, 0.29) is 40.9 Å². The molecule has 1 aromatic carbocycles. The van der Waals surface area contributed by atoms with E-state index in [9.17, 15) is 14.7 Å². The Labute approximate surface area is 126 Å². The van der Waals surface area contributed by atoms with Crippen LogP contribution in [0.25, 0.3) is 0 Å². The molecule has 1 aliphatic heterocycles. The monoisotopic (exact) mass is 259 g/mol. The van der Waals surface area contributed by atoms with E-state index >= 15 is 0 Å². The maximum atomic E-state index is 10.4. The van der Waals surface area contributed by atoms with Crippen LogP contribution in [0.4, 0.5) is 0 Å². The molecular formula is C11H10NNaO3S. The Balaban J connectivity index is 0.000000292. The van der Waals surface area contributed by atoms with Crippen molar-refractivity contribution in [2.24, 2.45) is 4.40 Å². The second-order valence-corrected chi connectivity index (χ2v) is 3.76. The van der Waals surface area contributed by atoms with Gasteiger partial charge >= 0.3 is 29.6 Å². The molecule has 84 valence electrons. The molecule has 0 aromatic heterocycles. The molecule has 6 heteroatoms. The number of Topliss-reactive ketones (excluding diaryl/α,β-unsaturated/α-hetero) is 1. The normalized spacial score (nSPS) is 13.0. The van der Waals surface area contributed by atoms with Crippen molar-refractivity contribution in [3.05, 3.63) is 35.9 Å². The number of nitrogens with zero attached hydrogens (tertiary/aromatic N) is 1. The molecular weight excluding hydrogens is 249 g/mol. The number of carbonyl (C=O) groups excluding carboxylic acids is 2. The number of carboxylic acids is 1. The zero-order chi connectivity index (χ0) is 12.0. The maximum absolute atomic E-state index is 10.4. The number of hydrogen-bond acceptors (Lipinski definition) is 5. The number of hydrogen-bond donors (Lipinski definition) is 0. The van der Waals surface area contributed by atoms with E-state index in [2.05, 4.69) is 4.40 Å². The summed E-state index contributed by atoms with van der Waals surface area (Å²) >= 11 is 1.33. The summed E-state index contributed by atoms with van der Waals surface area (Å²) in [5.41, 5.74) is 0.877. The summed E-state index contributed by atoms with van der Waals surface area (Å²) in [4.78, 5) is 20.5. The molecule has 0 bridgehead atoms. The fourth-order valence-corrected chi connectivity index (χ4v) is 1.60. The minimum Gasteiger partial charge on any atom is -0.545 e. The van der Waals surface area contributed by atoms with Crippen LogP contribution in [0.1, 0.15) is 17.3 Å². The number of rotatable bonds is 1. The first-order chi connectivity index (χ1) is 7.61. The minimum absolute atomic E-state index is 0. The van der Waals surface area contributed by atoms with Crippen LogP contribution in [0.15, 0.2) is 34.7 Å². The number of carboxylic acid groups (broad SMARTS) is 1. The summed E-state index contributed by atoms with van der Waals surface area (Å²) in [5.74, 6) is -0.410. The molecule has 1 aromatic rings. The zero-order valence-corrected chi connectivity index (χ0v) is 12.5. The molecule has 0 spiro atoms. The average Bonchev–Trinajstić information content (AvgIpc) is 2.65. The van der Waals surface area contributed by atoms with Crippen molar-refractivity contribution in [1.82, 2.24) is 0 Å². The predicted molar refractivity (Wildman–Crippen MR) is 61.3 cm³/mol. The fraction of sp³-hybridized carbons (Fsp3) is 0.182. The Hall–Kier alpha value is -0.620. The van der Waals surface area contributed by atoms with Gasteiger partial charge in [0.2, 0.25) is 0 Å². The number of carbonyl (C=O) groups is 2. The molecule has 4 nitrogen and oxygen atoms in total. The quantitative estimate of drug-likeness (QED) is 0.421. The van der Waals surface area contributed by atoms with E-state index in [1.165, 1.54) is 24.1 Å². The van der Waals surface area contributed by atoms with Gasteiger partial charge in [-0.25, -0.2) is 4.40 Å². The number of aromatic carboxylic acids is 1. The molecule has 0 saturated carbocycles. The van der Waals surface area contributed by atoms with Gasteiger partial charge in [0.05, 0.1) is 17.4 Å². The smallest absolute Gasteiger partial charge is 0.545 e. The van der Waals surface area contributed by atoms with Crippen LogP contribution < -0.4 is 34.7 Å². The predicted octanol–water partition coefficient (Wildman–Crippen LogP) is -2.27. The van der Waals surface area contributed by atoms with E-state index in [0.717, 1.165) is 0 Å². The molecule has 1 heterocycles. The number of ketones is 1. The summed E-state index contributed by atoms with van der Waals surface area (Å²) in [7, 11) is 0. The summed E-state index contributed by atoms with van der Waals surface area (Å²) in [5, 5.41) is 10.1. The van der Waals surface area contributed by atoms with Gasteiger partial charge < -0.3 is 9.90 Å². The van der Waals surface area contributed by atoms with Crippen molar-refractivity contribution in [2.75, 3.05) is 5.75 Å². The average molecular weight is 259 g/mol. The third-order valence-electron chi connectivity index (χ3n) is 1.81. The SMILES string of the molecule is CC1=NSCC1=O.O=C([O-])c1ccccc1.[Na+]. The summed E-state index contributed by atoms with van der Waals surface area (Å²) in [6.07, 6.45) is 0. The van der Waals surface area contributed by atoms with Gasteiger partial charge in [0.15, 0.2) is 5.78 Å². The van der Waals surface area contributed by atoms with Gasteiger partial charge in [0.25, 0.3) is 0 Å². The van der Waals surface area contributed by atoms with Crippen LogP contribution in [0.5, 0.6) is 0 Å². The molecule has 0 saturated heterocycles. The Bertz CT molecular complexity index is 420. The van der Waals surface area contributed by atoms with E-state index in [1.54, 1.807) is 25.1 Å². The van der Waals surface area contributed by atoms with E-state index in [0.29, 0.717) is 11.5 Å². The standard InChI is InChI=1S/C7H6O2.C4H5NOS.Na/c8-7(9)6-4-2-1-3-5-6;1-3-4(6)2-7-5-3;/h1-5H,(H,8,9);2H2,1H3;/q;;+1/p-1. The van der Waals surface area contributed by atoms with Crippen molar-refractivity contribution in [3.63, 3.8) is 0 Å². The third kappa shape index (κ3) is 6.02. The van der Waals surface area contributed by atoms with Crippen LogP contribution in [-0.4, -0.2) is 23.2 Å². The van der Waals surface area contributed by atoms with Crippen molar-refractivity contribution in [3.8, 4) is 0 Å². The van der Waals surface area contributed by atoms with Gasteiger partial charge in [-0.05, 0) is 24.4 Å². The minimum atomic E-state index is -1.13. The van der Waals surface area contributed by atoms with Crippen molar-refractivity contribution < 1.29 is 44.3 Å². The Morgan fingerprint density at radius 2 is 1.94 bits per heavy atom. The first-order valence-corrected chi connectivity index (χ1v) is 5.51. The molecule has 0 radical (unpaired) electrons. The van der Waals surface area contributed by atoms with E-state index in [4.69, 9.17) is 0 Å². The molecule has 1 aliphatic rings. The van der Waals surface area contributed by atoms with Gasteiger partial charge in [-0.15, -0.1) is 0 Å². The summed E-state index contributed by atoms with van der Waals surface area (Å²) in [6.45, 7) is 1.74. The van der Waals surface area contributed by atoms with Crippen LogP contribution in [-0.2, 0) is 4.79 Å². The Morgan fingerprint density at radius 1 is 1.35 bits per heavy atom. The Kier molecular flexibility index (Phi) is 8.16. The molecule has 0 aliphatic carbocycles. The van der Waals surface area contributed by atoms with Crippen molar-refractivity contribution in [1.29, 1.82) is 0 Å². The topological polar surface area (TPSA) is 69.6 Å². The zero-order valence-electron chi connectivity index (χ0n) is 9.67. The second kappa shape index (κ2) is 8.47. The van der Waals surface area contributed by atoms with Crippen LogP contribution in [0.3, 0.4) is 0 Å². The number of benzene rings is 1. The van der Waals surface area contributed by atoms with Gasteiger partial charge in [-0.1, -0.05) is 30.3 Å². The van der Waals surface area contributed by atoms with Crippen molar-refractivity contribution in [2.45, 2.75) is 6.92 Å². The van der Waals surface area contributed by atoms with Gasteiger partial charge in [0.1, 0.15) is 0 Å². The van der Waals surface area contributed by atoms with Crippen LogP contribution in [0.2, 0.25) is 0 Å². The summed E-state index contributed by atoms with van der Waals surface area (Å²) < 4.78 is 3.80. The van der Waals surface area contributed by atoms with Crippen LogP contribution in [0, 0.1) is 0 Å². The molecule has 0 N–H and O–H groups in total. The van der Waals surface area contributed by atoms with Gasteiger partial charge in [0, 0.05) is 0 Å². The molecule has 0 unspecified atom stereocenters. The molecule has 0 fully saturated rings. The Morgan fingerprint density at radius 3 is 2.18 bits per heavy atom.